The molecule has 1 aromatic carbocycles. The first-order valence-corrected chi connectivity index (χ1v) is 8.61. The molecule has 0 saturated carbocycles. The van der Waals surface area contributed by atoms with Crippen LogP contribution in [0.5, 0.6) is 0 Å². The van der Waals surface area contributed by atoms with E-state index in [2.05, 4.69) is 25.9 Å². The van der Waals surface area contributed by atoms with E-state index >= 15 is 0 Å². The van der Waals surface area contributed by atoms with Gasteiger partial charge in [0.2, 0.25) is 0 Å². The quantitative estimate of drug-likeness (QED) is 0.607. The molecule has 110 valence electrons. The molecule has 0 spiro atoms. The molecule has 0 aliphatic carbocycles. The molecule has 21 heavy (non-hydrogen) atoms. The molecule has 0 bridgehead atoms. The van der Waals surface area contributed by atoms with Crippen LogP contribution in [0.25, 0.3) is 0 Å². The fourth-order valence-corrected chi connectivity index (χ4v) is 3.46. The first-order valence-electron chi connectivity index (χ1n) is 6.60. The monoisotopic (exact) mass is 366 g/mol. The van der Waals surface area contributed by atoms with E-state index in [1.54, 1.807) is 11.8 Å². The number of hydrogen-bond donors (Lipinski definition) is 0. The van der Waals surface area contributed by atoms with Crippen molar-refractivity contribution in [1.82, 2.24) is 0 Å². The maximum Gasteiger partial charge on any atom is 0.259 e. The second-order valence-corrected chi connectivity index (χ2v) is 6.52. The van der Waals surface area contributed by atoms with Gasteiger partial charge in [-0.3, -0.25) is 9.55 Å². The van der Waals surface area contributed by atoms with Gasteiger partial charge in [-0.2, -0.15) is 4.99 Å². The number of thioether (sulfide) groups is 1. The molecule has 0 radical (unpaired) electrons. The van der Waals surface area contributed by atoms with Gasteiger partial charge >= 0.3 is 0 Å². The molecule has 5 nitrogen and oxygen atoms in total. The van der Waals surface area contributed by atoms with Gasteiger partial charge in [-0.05, 0) is 37.4 Å². The van der Waals surface area contributed by atoms with Gasteiger partial charge in [0.25, 0.3) is 5.84 Å². The Kier molecular flexibility index (Phi) is 3.92. The SMILES string of the molecule is CC[N+]1([O-])CN(c2ccc(Br)cc2)C(SC)=C2N=CN=C21. The summed E-state index contributed by atoms with van der Waals surface area (Å²) >= 11 is 5.03. The number of halogens is 1. The van der Waals surface area contributed by atoms with Crippen LogP contribution in [0.3, 0.4) is 0 Å². The third-order valence-electron chi connectivity index (χ3n) is 3.62. The van der Waals surface area contributed by atoms with Gasteiger partial charge < -0.3 is 5.21 Å². The Morgan fingerprint density at radius 2 is 2.10 bits per heavy atom. The fraction of sp³-hybridized carbons (Fsp3) is 0.286. The number of hydroxylamine groups is 3. The van der Waals surface area contributed by atoms with Crippen molar-refractivity contribution in [2.45, 2.75) is 6.92 Å². The summed E-state index contributed by atoms with van der Waals surface area (Å²) in [6, 6.07) is 7.96. The number of anilines is 1. The number of nitrogens with zero attached hydrogens (tertiary/aromatic N) is 4. The average Bonchev–Trinajstić information content (AvgIpc) is 2.98. The van der Waals surface area contributed by atoms with Crippen LogP contribution in [0.15, 0.2) is 49.4 Å². The molecule has 0 fully saturated rings. The van der Waals surface area contributed by atoms with E-state index in [9.17, 15) is 5.21 Å². The van der Waals surface area contributed by atoms with Gasteiger partial charge in [-0.15, -0.1) is 11.8 Å². The topological polar surface area (TPSA) is 51.0 Å². The first kappa shape index (κ1) is 14.8. The van der Waals surface area contributed by atoms with E-state index in [1.165, 1.54) is 6.34 Å². The van der Waals surface area contributed by atoms with Crippen LogP contribution in [0.4, 0.5) is 5.69 Å². The maximum atomic E-state index is 13.0. The summed E-state index contributed by atoms with van der Waals surface area (Å²) in [6.45, 7) is 2.63. The molecular formula is C14H15BrN4OS. The van der Waals surface area contributed by atoms with Crippen LogP contribution in [-0.2, 0) is 0 Å². The predicted molar refractivity (Wildman–Crippen MR) is 92.1 cm³/mol. The fourth-order valence-electron chi connectivity index (χ4n) is 2.47. The van der Waals surface area contributed by atoms with Crippen LogP contribution < -0.4 is 4.90 Å². The Balaban J connectivity index is 2.12. The van der Waals surface area contributed by atoms with Crippen molar-refractivity contribution in [3.63, 3.8) is 0 Å². The summed E-state index contributed by atoms with van der Waals surface area (Å²) in [5.41, 5.74) is 1.69. The van der Waals surface area contributed by atoms with Gasteiger partial charge in [-0.1, -0.05) is 15.9 Å². The Bertz CT molecular complexity index is 655. The molecule has 0 N–H and O–H groups in total. The van der Waals surface area contributed by atoms with Crippen LogP contribution >= 0.6 is 27.7 Å². The number of benzene rings is 1. The molecule has 0 saturated heterocycles. The Hall–Kier alpha value is -1.15. The molecule has 1 aromatic rings. The third-order valence-corrected chi connectivity index (χ3v) is 4.95. The number of aliphatic imine (C=N–C) groups is 2. The smallest absolute Gasteiger partial charge is 0.259 e. The second-order valence-electron chi connectivity index (χ2n) is 4.81. The van der Waals surface area contributed by atoms with Crippen molar-refractivity contribution < 1.29 is 4.65 Å². The molecule has 7 heteroatoms. The van der Waals surface area contributed by atoms with Gasteiger partial charge in [0.15, 0.2) is 12.4 Å². The number of likely N-dealkylation sites (N-methyl/N-ethyl adjacent to an activating group) is 1. The highest BCUT2D eigenvalue weighted by atomic mass is 79.9. The Labute approximate surface area is 136 Å². The number of rotatable bonds is 3. The molecule has 3 rings (SSSR count). The first-order chi connectivity index (χ1) is 10.1. The zero-order chi connectivity index (χ0) is 15.0. The summed E-state index contributed by atoms with van der Waals surface area (Å²) in [7, 11) is 0. The highest BCUT2D eigenvalue weighted by Gasteiger charge is 2.40. The summed E-state index contributed by atoms with van der Waals surface area (Å²) in [6.07, 6.45) is 3.48. The van der Waals surface area contributed by atoms with Gasteiger partial charge in [0.1, 0.15) is 11.4 Å². The maximum absolute atomic E-state index is 13.0. The predicted octanol–water partition coefficient (Wildman–Crippen LogP) is 3.53. The van der Waals surface area contributed by atoms with Gasteiger partial charge in [0, 0.05) is 10.2 Å². The highest BCUT2D eigenvalue weighted by Crippen LogP contribution is 2.37. The van der Waals surface area contributed by atoms with Crippen LogP contribution in [0.1, 0.15) is 6.92 Å². The van der Waals surface area contributed by atoms with E-state index < -0.39 is 4.65 Å². The van der Waals surface area contributed by atoms with Gasteiger partial charge in [0.05, 0.1) is 6.54 Å². The van der Waals surface area contributed by atoms with Crippen LogP contribution in [-0.4, -0.2) is 36.3 Å². The lowest BCUT2D eigenvalue weighted by Crippen LogP contribution is -2.57. The lowest BCUT2D eigenvalue weighted by molar-refractivity contribution is -0.787. The molecule has 2 aliphatic heterocycles. The van der Waals surface area contributed by atoms with Crippen molar-refractivity contribution in [3.05, 3.63) is 44.7 Å². The van der Waals surface area contributed by atoms with Crippen molar-refractivity contribution in [2.24, 2.45) is 9.98 Å². The van der Waals surface area contributed by atoms with E-state index in [1.807, 2.05) is 42.3 Å². The van der Waals surface area contributed by atoms with Crippen LogP contribution in [0.2, 0.25) is 0 Å². The number of amidine groups is 1. The molecule has 2 heterocycles. The lowest BCUT2D eigenvalue weighted by Gasteiger charge is -2.47. The third kappa shape index (κ3) is 2.44. The normalized spacial score (nSPS) is 24.4. The van der Waals surface area contributed by atoms with E-state index in [4.69, 9.17) is 0 Å². The zero-order valence-corrected chi connectivity index (χ0v) is 14.2. The Morgan fingerprint density at radius 1 is 1.38 bits per heavy atom. The van der Waals surface area contributed by atoms with Gasteiger partial charge in [-0.25, -0.2) is 4.99 Å². The number of fused-ring (bicyclic) bond motifs is 1. The molecule has 0 aromatic heterocycles. The van der Waals surface area contributed by atoms with Crippen molar-refractivity contribution in [2.75, 3.05) is 24.4 Å². The summed E-state index contributed by atoms with van der Waals surface area (Å²) in [4.78, 5) is 10.5. The van der Waals surface area contributed by atoms with E-state index in [0.717, 1.165) is 15.2 Å². The van der Waals surface area contributed by atoms with Crippen LogP contribution in [0, 0.1) is 5.21 Å². The van der Waals surface area contributed by atoms with Crippen molar-refractivity contribution >= 4 is 45.6 Å². The second kappa shape index (κ2) is 5.57. The largest absolute Gasteiger partial charge is 0.625 e. The summed E-state index contributed by atoms with van der Waals surface area (Å²) in [5, 5.41) is 14.0. The highest BCUT2D eigenvalue weighted by molar-refractivity contribution is 9.10. The minimum absolute atomic E-state index is 0.319. The molecule has 0 amide bonds. The summed E-state index contributed by atoms with van der Waals surface area (Å²) in [5.74, 6) is 0.523. The molecule has 2 aliphatic rings. The standard InChI is InChI=1S/C14H15BrN4OS/c1-3-19(20)9-18(11-6-4-10(15)5-7-11)14(21-2)12-13(19)17-8-16-12/h4-8H,3,9H2,1-2H3. The van der Waals surface area contributed by atoms with E-state index in [0.29, 0.717) is 24.7 Å². The zero-order valence-electron chi connectivity index (χ0n) is 11.8. The minimum Gasteiger partial charge on any atom is -0.625 e. The minimum atomic E-state index is -0.477. The number of hydrogen-bond acceptors (Lipinski definition) is 5. The number of quaternary nitrogens is 1. The lowest BCUT2D eigenvalue weighted by atomic mass is 10.2. The Morgan fingerprint density at radius 3 is 2.71 bits per heavy atom. The average molecular weight is 367 g/mol. The van der Waals surface area contributed by atoms with E-state index in [-0.39, 0.29) is 0 Å². The van der Waals surface area contributed by atoms with Crippen molar-refractivity contribution in [1.29, 1.82) is 0 Å². The molecule has 1 atom stereocenters. The summed E-state index contributed by atoms with van der Waals surface area (Å²) < 4.78 is 0.538. The molecule has 1 unspecified atom stereocenters. The molecular weight excluding hydrogens is 352 g/mol. The van der Waals surface area contributed by atoms with Crippen molar-refractivity contribution in [3.8, 4) is 0 Å².